The average Bonchev–Trinajstić information content (AvgIpc) is 3.43. The number of aromatic amines is 2. The molecule has 7 nitrogen and oxygen atoms in total. The molecule has 0 bridgehead atoms. The summed E-state index contributed by atoms with van der Waals surface area (Å²) in [5, 5.41) is 8.33. The standard InChI is InChI=1S/C23H14FN7/c24-16-4-2-1-3-14(16)20-22-17(7-10-26-20)28-23(29-22)21-15-11-18(13-5-8-25-9-6-13)27-12-19(15)30-31-21/h1-12H,(H,28,29)(H,30,31). The Kier molecular flexibility index (Phi) is 3.82. The fourth-order valence-corrected chi connectivity index (χ4v) is 3.68. The van der Waals surface area contributed by atoms with E-state index >= 15 is 0 Å². The first kappa shape index (κ1) is 17.4. The van der Waals surface area contributed by atoms with Gasteiger partial charge in [-0.05, 0) is 36.4 Å². The molecule has 1 aromatic carbocycles. The van der Waals surface area contributed by atoms with Crippen molar-refractivity contribution in [3.63, 3.8) is 0 Å². The Hall–Kier alpha value is -4.46. The smallest absolute Gasteiger partial charge is 0.159 e. The summed E-state index contributed by atoms with van der Waals surface area (Å²) < 4.78 is 14.4. The van der Waals surface area contributed by atoms with Gasteiger partial charge in [-0.1, -0.05) is 12.1 Å². The molecule has 0 unspecified atom stereocenters. The summed E-state index contributed by atoms with van der Waals surface area (Å²) in [4.78, 5) is 21.0. The van der Waals surface area contributed by atoms with Crippen LogP contribution >= 0.6 is 0 Å². The third kappa shape index (κ3) is 2.84. The molecule has 0 fully saturated rings. The average molecular weight is 407 g/mol. The number of nitrogens with zero attached hydrogens (tertiary/aromatic N) is 5. The van der Waals surface area contributed by atoms with Crippen LogP contribution < -0.4 is 0 Å². The number of rotatable bonds is 3. The maximum absolute atomic E-state index is 14.4. The maximum atomic E-state index is 14.4. The number of aromatic nitrogens is 7. The largest absolute Gasteiger partial charge is 0.336 e. The van der Waals surface area contributed by atoms with Crippen molar-refractivity contribution >= 4 is 21.9 Å². The van der Waals surface area contributed by atoms with Crippen molar-refractivity contribution in [3.8, 4) is 34.0 Å². The van der Waals surface area contributed by atoms with Crippen LogP contribution in [0.15, 0.2) is 73.3 Å². The van der Waals surface area contributed by atoms with Crippen LogP contribution in [0.4, 0.5) is 4.39 Å². The monoisotopic (exact) mass is 407 g/mol. The van der Waals surface area contributed by atoms with E-state index in [0.717, 1.165) is 27.7 Å². The predicted octanol–water partition coefficient (Wildman–Crippen LogP) is 4.76. The van der Waals surface area contributed by atoms with Crippen molar-refractivity contribution < 1.29 is 4.39 Å². The first-order valence-corrected chi connectivity index (χ1v) is 9.62. The van der Waals surface area contributed by atoms with E-state index in [0.29, 0.717) is 28.3 Å². The number of hydrogen-bond acceptors (Lipinski definition) is 5. The molecule has 0 aliphatic heterocycles. The number of hydrogen-bond donors (Lipinski definition) is 2. The molecule has 0 saturated heterocycles. The summed E-state index contributed by atoms with van der Waals surface area (Å²) in [6.45, 7) is 0. The highest BCUT2D eigenvalue weighted by Gasteiger charge is 2.17. The van der Waals surface area contributed by atoms with Gasteiger partial charge in [-0.15, -0.1) is 0 Å². The lowest BCUT2D eigenvalue weighted by Gasteiger charge is -2.02. The van der Waals surface area contributed by atoms with Crippen LogP contribution in [-0.2, 0) is 0 Å². The number of H-pyrrole nitrogens is 2. The molecular formula is C23H14FN7. The molecule has 5 heterocycles. The second-order valence-electron chi connectivity index (χ2n) is 7.04. The molecule has 6 rings (SSSR count). The zero-order valence-electron chi connectivity index (χ0n) is 16.0. The SMILES string of the molecule is Fc1ccccc1-c1nccc2[nH]c(-c3n[nH]c4cnc(-c5ccncc5)cc34)nc12. The van der Waals surface area contributed by atoms with Crippen LogP contribution in [0.5, 0.6) is 0 Å². The lowest BCUT2D eigenvalue weighted by atomic mass is 10.1. The molecule has 5 aromatic heterocycles. The van der Waals surface area contributed by atoms with Crippen LogP contribution in [0.3, 0.4) is 0 Å². The molecule has 0 amide bonds. The number of imidazole rings is 1. The van der Waals surface area contributed by atoms with Gasteiger partial charge in [-0.3, -0.25) is 20.1 Å². The summed E-state index contributed by atoms with van der Waals surface area (Å²) >= 11 is 0. The zero-order valence-corrected chi connectivity index (χ0v) is 16.0. The van der Waals surface area contributed by atoms with E-state index in [1.807, 2.05) is 24.3 Å². The normalized spacial score (nSPS) is 11.4. The van der Waals surface area contributed by atoms with Crippen molar-refractivity contribution in [2.75, 3.05) is 0 Å². The number of fused-ring (bicyclic) bond motifs is 2. The molecule has 0 atom stereocenters. The Morgan fingerprint density at radius 2 is 1.71 bits per heavy atom. The topological polar surface area (TPSA) is 96.0 Å². The van der Waals surface area contributed by atoms with E-state index in [9.17, 15) is 4.39 Å². The van der Waals surface area contributed by atoms with Gasteiger partial charge >= 0.3 is 0 Å². The lowest BCUT2D eigenvalue weighted by molar-refractivity contribution is 0.631. The Morgan fingerprint density at radius 1 is 0.839 bits per heavy atom. The van der Waals surface area contributed by atoms with Crippen molar-refractivity contribution in [1.82, 2.24) is 35.1 Å². The Labute approximate surface area is 175 Å². The summed E-state index contributed by atoms with van der Waals surface area (Å²) in [5.41, 5.74) is 5.44. The van der Waals surface area contributed by atoms with E-state index in [-0.39, 0.29) is 5.82 Å². The summed E-state index contributed by atoms with van der Waals surface area (Å²) in [6.07, 6.45) is 6.85. The van der Waals surface area contributed by atoms with E-state index in [1.165, 1.54) is 6.07 Å². The van der Waals surface area contributed by atoms with Gasteiger partial charge in [0.2, 0.25) is 0 Å². The molecule has 0 spiro atoms. The Bertz CT molecular complexity index is 1550. The summed E-state index contributed by atoms with van der Waals surface area (Å²) in [6, 6.07) is 14.1. The minimum atomic E-state index is -0.342. The fraction of sp³-hybridized carbons (Fsp3) is 0. The van der Waals surface area contributed by atoms with E-state index in [4.69, 9.17) is 4.98 Å². The van der Waals surface area contributed by atoms with Crippen molar-refractivity contribution in [2.45, 2.75) is 0 Å². The predicted molar refractivity (Wildman–Crippen MR) is 115 cm³/mol. The molecular weight excluding hydrogens is 393 g/mol. The van der Waals surface area contributed by atoms with Crippen LogP contribution in [0.1, 0.15) is 0 Å². The molecule has 6 aromatic rings. The Balaban J connectivity index is 1.53. The van der Waals surface area contributed by atoms with Gasteiger partial charge < -0.3 is 4.98 Å². The van der Waals surface area contributed by atoms with Crippen molar-refractivity contribution in [3.05, 3.63) is 79.1 Å². The molecule has 0 radical (unpaired) electrons. The highest BCUT2D eigenvalue weighted by atomic mass is 19.1. The lowest BCUT2D eigenvalue weighted by Crippen LogP contribution is -1.89. The van der Waals surface area contributed by atoms with Gasteiger partial charge in [0.05, 0.1) is 22.9 Å². The van der Waals surface area contributed by atoms with Gasteiger partial charge in [0.15, 0.2) is 5.82 Å². The zero-order chi connectivity index (χ0) is 20.8. The third-order valence-electron chi connectivity index (χ3n) is 5.18. The second-order valence-corrected chi connectivity index (χ2v) is 7.04. The van der Waals surface area contributed by atoms with Crippen LogP contribution in [0, 0.1) is 5.82 Å². The van der Waals surface area contributed by atoms with Gasteiger partial charge in [0, 0.05) is 35.1 Å². The Morgan fingerprint density at radius 3 is 2.58 bits per heavy atom. The number of halogens is 1. The molecule has 31 heavy (non-hydrogen) atoms. The second kappa shape index (κ2) is 6.81. The molecule has 0 aliphatic carbocycles. The molecule has 0 saturated carbocycles. The van der Waals surface area contributed by atoms with Gasteiger partial charge in [-0.2, -0.15) is 5.10 Å². The minimum Gasteiger partial charge on any atom is -0.336 e. The molecule has 148 valence electrons. The van der Waals surface area contributed by atoms with Crippen molar-refractivity contribution in [1.29, 1.82) is 0 Å². The molecule has 8 heteroatoms. The van der Waals surface area contributed by atoms with E-state index in [2.05, 4.69) is 30.1 Å². The summed E-state index contributed by atoms with van der Waals surface area (Å²) in [5.74, 6) is 0.226. The highest BCUT2D eigenvalue weighted by molar-refractivity contribution is 5.96. The number of benzene rings is 1. The summed E-state index contributed by atoms with van der Waals surface area (Å²) in [7, 11) is 0. The fourth-order valence-electron chi connectivity index (χ4n) is 3.68. The first-order valence-electron chi connectivity index (χ1n) is 9.62. The van der Waals surface area contributed by atoms with Gasteiger partial charge in [0.25, 0.3) is 0 Å². The van der Waals surface area contributed by atoms with E-state index < -0.39 is 0 Å². The first-order chi connectivity index (χ1) is 15.3. The highest BCUT2D eigenvalue weighted by Crippen LogP contribution is 2.32. The van der Waals surface area contributed by atoms with E-state index in [1.54, 1.807) is 43.0 Å². The molecule has 0 aliphatic rings. The number of pyridine rings is 3. The van der Waals surface area contributed by atoms with Gasteiger partial charge in [0.1, 0.15) is 22.7 Å². The van der Waals surface area contributed by atoms with Crippen molar-refractivity contribution in [2.24, 2.45) is 0 Å². The van der Waals surface area contributed by atoms with Crippen LogP contribution in [-0.4, -0.2) is 35.1 Å². The quantitative estimate of drug-likeness (QED) is 0.441. The van der Waals surface area contributed by atoms with Crippen LogP contribution in [0.2, 0.25) is 0 Å². The molecule has 2 N–H and O–H groups in total. The maximum Gasteiger partial charge on any atom is 0.159 e. The number of nitrogens with one attached hydrogen (secondary N) is 2. The van der Waals surface area contributed by atoms with Gasteiger partial charge in [-0.25, -0.2) is 9.37 Å². The minimum absolute atomic E-state index is 0.342. The third-order valence-corrected chi connectivity index (χ3v) is 5.18. The van der Waals surface area contributed by atoms with Crippen LogP contribution in [0.25, 0.3) is 56.0 Å².